The fraction of sp³-hybridized carbons (Fsp3) is 0.950. The van der Waals surface area contributed by atoms with Crippen molar-refractivity contribution >= 4 is 5.91 Å². The van der Waals surface area contributed by atoms with Gasteiger partial charge in [0.25, 0.3) is 0 Å². The second kappa shape index (κ2) is 16.3. The first kappa shape index (κ1) is 26.6. The fourth-order valence-electron chi connectivity index (χ4n) is 3.56. The lowest BCUT2D eigenvalue weighted by Gasteiger charge is -2.42. The molecule has 1 aliphatic rings. The zero-order valence-corrected chi connectivity index (χ0v) is 18.0. The van der Waals surface area contributed by atoms with Gasteiger partial charge in [-0.3, -0.25) is 4.79 Å². The van der Waals surface area contributed by atoms with Gasteiger partial charge in [0.2, 0.25) is 5.91 Å². The summed E-state index contributed by atoms with van der Waals surface area (Å²) in [6.07, 6.45) is 6.58. The first-order chi connectivity index (χ1) is 14.5. The van der Waals surface area contributed by atoms with E-state index in [1.54, 1.807) is 0 Å². The summed E-state index contributed by atoms with van der Waals surface area (Å²) in [4.78, 5) is 14.1. The molecule has 0 aliphatic carbocycles. The van der Waals surface area contributed by atoms with Crippen LogP contribution >= 0.6 is 0 Å². The van der Waals surface area contributed by atoms with Crippen LogP contribution in [0.3, 0.4) is 0 Å². The molecule has 174 valence electrons. The van der Waals surface area contributed by atoms with E-state index in [4.69, 9.17) is 15.0 Å². The fourth-order valence-corrected chi connectivity index (χ4v) is 3.56. The van der Waals surface area contributed by atoms with Gasteiger partial charge in [0, 0.05) is 25.0 Å². The number of amides is 1. The molecule has 10 heteroatoms. The summed E-state index contributed by atoms with van der Waals surface area (Å²) in [7, 11) is 0. The standard InChI is InChI=1S/C20H38N4O6/c1-15(26)23-17-19(28)18(27)16(14-25)30-20(17)29-13-11-9-7-5-3-2-4-6-8-10-12-22-24-21/h16-20,25,27-28H,2-14H2,1H3,(H,23,26)/t16-,17-,18-,19-,20-/m1/s1. The number of aliphatic hydroxyl groups is 3. The summed E-state index contributed by atoms with van der Waals surface area (Å²) in [6, 6.07) is -0.882. The Morgan fingerprint density at radius 2 is 1.60 bits per heavy atom. The van der Waals surface area contributed by atoms with Crippen molar-refractivity contribution in [2.24, 2.45) is 5.11 Å². The molecule has 4 N–H and O–H groups in total. The number of ether oxygens (including phenoxy) is 2. The van der Waals surface area contributed by atoms with Crippen LogP contribution in [0.5, 0.6) is 0 Å². The molecule has 5 atom stereocenters. The zero-order valence-electron chi connectivity index (χ0n) is 18.0. The second-order valence-electron chi connectivity index (χ2n) is 7.79. The third-order valence-electron chi connectivity index (χ3n) is 5.25. The van der Waals surface area contributed by atoms with Crippen molar-refractivity contribution < 1.29 is 29.6 Å². The minimum atomic E-state index is -1.29. The van der Waals surface area contributed by atoms with E-state index in [1.165, 1.54) is 39.0 Å². The quantitative estimate of drug-likeness (QED) is 0.127. The number of nitrogens with zero attached hydrogens (tertiary/aromatic N) is 3. The number of hydrogen-bond donors (Lipinski definition) is 4. The first-order valence-corrected chi connectivity index (χ1v) is 11.0. The van der Waals surface area contributed by atoms with E-state index in [9.17, 15) is 20.1 Å². The number of rotatable bonds is 16. The summed E-state index contributed by atoms with van der Waals surface area (Å²) in [5.41, 5.74) is 8.19. The van der Waals surface area contributed by atoms with E-state index in [-0.39, 0.29) is 5.91 Å². The van der Waals surface area contributed by atoms with Gasteiger partial charge in [0.05, 0.1) is 6.61 Å². The summed E-state index contributed by atoms with van der Waals surface area (Å²) in [6.45, 7) is 1.87. The number of aliphatic hydroxyl groups excluding tert-OH is 3. The lowest BCUT2D eigenvalue weighted by Crippen LogP contribution is -2.64. The summed E-state index contributed by atoms with van der Waals surface area (Å²) in [5.74, 6) is -0.360. The number of nitrogens with one attached hydrogen (secondary N) is 1. The van der Waals surface area contributed by atoms with Gasteiger partial charge >= 0.3 is 0 Å². The molecule has 1 saturated heterocycles. The molecule has 0 aromatic heterocycles. The molecule has 0 aromatic rings. The van der Waals surface area contributed by atoms with Crippen LogP contribution in [-0.4, -0.2) is 71.6 Å². The van der Waals surface area contributed by atoms with E-state index >= 15 is 0 Å². The number of carbonyl (C=O) groups is 1. The van der Waals surface area contributed by atoms with Crippen molar-refractivity contribution in [3.63, 3.8) is 0 Å². The van der Waals surface area contributed by atoms with E-state index in [2.05, 4.69) is 15.3 Å². The molecule has 1 rings (SSSR count). The Kier molecular flexibility index (Phi) is 14.5. The first-order valence-electron chi connectivity index (χ1n) is 11.0. The van der Waals surface area contributed by atoms with Gasteiger partial charge in [0.1, 0.15) is 24.4 Å². The van der Waals surface area contributed by atoms with Crippen molar-refractivity contribution in [2.75, 3.05) is 19.8 Å². The minimum Gasteiger partial charge on any atom is -0.394 e. The highest BCUT2D eigenvalue weighted by Gasteiger charge is 2.45. The molecule has 0 unspecified atom stereocenters. The molecule has 1 fully saturated rings. The maximum Gasteiger partial charge on any atom is 0.217 e. The van der Waals surface area contributed by atoms with Crippen molar-refractivity contribution in [3.05, 3.63) is 10.4 Å². The average molecular weight is 431 g/mol. The molecule has 0 spiro atoms. The number of hydrogen-bond acceptors (Lipinski definition) is 7. The van der Waals surface area contributed by atoms with Crippen LogP contribution in [0.15, 0.2) is 5.11 Å². The smallest absolute Gasteiger partial charge is 0.217 e. The predicted molar refractivity (Wildman–Crippen MR) is 112 cm³/mol. The highest BCUT2D eigenvalue weighted by Crippen LogP contribution is 2.22. The average Bonchev–Trinajstić information content (AvgIpc) is 2.72. The van der Waals surface area contributed by atoms with Crippen molar-refractivity contribution in [2.45, 2.75) is 102 Å². The highest BCUT2D eigenvalue weighted by atomic mass is 16.7. The molecule has 0 aromatic carbocycles. The van der Waals surface area contributed by atoms with Gasteiger partial charge in [-0.2, -0.15) is 0 Å². The van der Waals surface area contributed by atoms with Gasteiger partial charge in [-0.1, -0.05) is 56.5 Å². The second-order valence-corrected chi connectivity index (χ2v) is 7.79. The maximum absolute atomic E-state index is 11.4. The third-order valence-corrected chi connectivity index (χ3v) is 5.25. The Bertz CT molecular complexity index is 518. The van der Waals surface area contributed by atoms with Crippen molar-refractivity contribution in [3.8, 4) is 0 Å². The molecular formula is C20H38N4O6. The Hall–Kier alpha value is -1.42. The molecular weight excluding hydrogens is 392 g/mol. The van der Waals surface area contributed by atoms with E-state index in [0.717, 1.165) is 32.1 Å². The number of azide groups is 1. The maximum atomic E-state index is 11.4. The van der Waals surface area contributed by atoms with E-state index in [0.29, 0.717) is 13.2 Å². The topological polar surface area (TPSA) is 157 Å². The molecule has 1 amide bonds. The van der Waals surface area contributed by atoms with Gasteiger partial charge in [-0.05, 0) is 18.4 Å². The van der Waals surface area contributed by atoms with Crippen LogP contribution in [-0.2, 0) is 14.3 Å². The molecule has 1 heterocycles. The summed E-state index contributed by atoms with van der Waals surface area (Å²) in [5, 5.41) is 35.6. The monoisotopic (exact) mass is 430 g/mol. The Labute approximate surface area is 178 Å². The number of carbonyl (C=O) groups excluding carboxylic acids is 1. The molecule has 1 aliphatic heterocycles. The Morgan fingerprint density at radius 1 is 1.03 bits per heavy atom. The molecule has 30 heavy (non-hydrogen) atoms. The molecule has 0 bridgehead atoms. The van der Waals surface area contributed by atoms with Crippen LogP contribution in [0.2, 0.25) is 0 Å². The third kappa shape index (κ3) is 10.6. The summed E-state index contributed by atoms with van der Waals surface area (Å²) >= 11 is 0. The largest absolute Gasteiger partial charge is 0.394 e. The van der Waals surface area contributed by atoms with Gasteiger partial charge in [-0.25, -0.2) is 0 Å². The lowest BCUT2D eigenvalue weighted by atomic mass is 9.97. The molecule has 0 radical (unpaired) electrons. The number of unbranched alkanes of at least 4 members (excludes halogenated alkanes) is 9. The van der Waals surface area contributed by atoms with Gasteiger partial charge in [0.15, 0.2) is 6.29 Å². The van der Waals surface area contributed by atoms with Crippen LogP contribution in [0, 0.1) is 0 Å². The Morgan fingerprint density at radius 3 is 2.13 bits per heavy atom. The zero-order chi connectivity index (χ0) is 22.2. The van der Waals surface area contributed by atoms with Gasteiger partial charge in [-0.15, -0.1) is 0 Å². The highest BCUT2D eigenvalue weighted by molar-refractivity contribution is 5.73. The van der Waals surface area contributed by atoms with Crippen LogP contribution in [0.1, 0.15) is 71.1 Å². The van der Waals surface area contributed by atoms with Crippen LogP contribution < -0.4 is 5.32 Å². The normalized spacial score (nSPS) is 26.2. The summed E-state index contributed by atoms with van der Waals surface area (Å²) < 4.78 is 11.2. The van der Waals surface area contributed by atoms with Crippen LogP contribution in [0.4, 0.5) is 0 Å². The SMILES string of the molecule is CC(=O)N[C@H]1[C@H](OCCCCCCCCCCCCN=[N+]=[N-])O[C@H](CO)[C@@H](O)[C@@H]1O. The lowest BCUT2D eigenvalue weighted by molar-refractivity contribution is -0.270. The minimum absolute atomic E-state index is 0.360. The predicted octanol–water partition coefficient (Wildman–Crippen LogP) is 2.16. The van der Waals surface area contributed by atoms with Crippen LogP contribution in [0.25, 0.3) is 10.4 Å². The van der Waals surface area contributed by atoms with Crippen molar-refractivity contribution in [1.82, 2.24) is 5.32 Å². The molecule has 0 saturated carbocycles. The van der Waals surface area contributed by atoms with Crippen molar-refractivity contribution in [1.29, 1.82) is 0 Å². The van der Waals surface area contributed by atoms with Gasteiger partial charge < -0.3 is 30.1 Å². The van der Waals surface area contributed by atoms with E-state index < -0.39 is 37.3 Å². The Balaban J connectivity index is 2.12. The molecule has 10 nitrogen and oxygen atoms in total. The van der Waals surface area contributed by atoms with E-state index in [1.807, 2.05) is 0 Å².